The van der Waals surface area contributed by atoms with Crippen LogP contribution in [0.5, 0.6) is 5.75 Å². The Hall–Kier alpha value is -2.71. The maximum absolute atomic E-state index is 12.6. The third kappa shape index (κ3) is 4.36. The zero-order valence-corrected chi connectivity index (χ0v) is 19.5. The summed E-state index contributed by atoms with van der Waals surface area (Å²) in [4.78, 5) is 25.1. The quantitative estimate of drug-likeness (QED) is 0.735. The van der Waals surface area contributed by atoms with E-state index in [9.17, 15) is 18.0 Å². The fourth-order valence-corrected chi connectivity index (χ4v) is 4.89. The molecule has 1 aliphatic carbocycles. The molecule has 1 atom stereocenters. The minimum atomic E-state index is -3.64. The molecule has 7 nitrogen and oxygen atoms in total. The molecule has 0 fully saturated rings. The Labute approximate surface area is 183 Å². The molecule has 2 aromatic carbocycles. The number of aryl methyl sites for hydroxylation is 2. The Bertz CT molecular complexity index is 1170. The van der Waals surface area contributed by atoms with Crippen molar-refractivity contribution in [2.24, 2.45) is 0 Å². The molecule has 0 aliphatic heterocycles. The van der Waals surface area contributed by atoms with Gasteiger partial charge in [0, 0.05) is 26.2 Å². The second-order valence-corrected chi connectivity index (χ2v) is 10.4. The molecule has 1 N–H and O–H groups in total. The minimum absolute atomic E-state index is 0.0228. The summed E-state index contributed by atoms with van der Waals surface area (Å²) in [5.41, 5.74) is 4.51. The second-order valence-electron chi connectivity index (χ2n) is 8.23. The van der Waals surface area contributed by atoms with Crippen LogP contribution >= 0.6 is 0 Å². The van der Waals surface area contributed by atoms with E-state index >= 15 is 0 Å². The number of sulfonamides is 1. The molecule has 3 rings (SSSR count). The van der Waals surface area contributed by atoms with Crippen LogP contribution in [0.2, 0.25) is 0 Å². The van der Waals surface area contributed by atoms with Crippen molar-refractivity contribution in [1.82, 2.24) is 4.31 Å². The van der Waals surface area contributed by atoms with Gasteiger partial charge in [0.2, 0.25) is 10.0 Å². The van der Waals surface area contributed by atoms with Gasteiger partial charge in [0.25, 0.3) is 5.91 Å². The van der Waals surface area contributed by atoms with Crippen molar-refractivity contribution in [2.75, 3.05) is 26.0 Å². The van der Waals surface area contributed by atoms with E-state index in [1.54, 1.807) is 19.1 Å². The summed E-state index contributed by atoms with van der Waals surface area (Å²) in [5.74, 6) is 0.123. The van der Waals surface area contributed by atoms with Crippen LogP contribution in [0.25, 0.3) is 0 Å². The number of carbonyl (C=O) groups excluding carboxylic acids is 2. The van der Waals surface area contributed by atoms with Crippen molar-refractivity contribution in [3.63, 3.8) is 0 Å². The molecule has 0 saturated heterocycles. The number of fused-ring (bicyclic) bond motifs is 1. The second kappa shape index (κ2) is 8.43. The fraction of sp³-hybridized carbons (Fsp3) is 0.391. The predicted octanol–water partition coefficient (Wildman–Crippen LogP) is 3.57. The number of nitrogens with one attached hydrogen (secondary N) is 1. The Morgan fingerprint density at radius 2 is 1.84 bits per heavy atom. The van der Waals surface area contributed by atoms with E-state index < -0.39 is 15.9 Å². The van der Waals surface area contributed by atoms with Gasteiger partial charge in [-0.1, -0.05) is 13.0 Å². The summed E-state index contributed by atoms with van der Waals surface area (Å²) in [5, 5.41) is 2.74. The first kappa shape index (κ1) is 23.0. The van der Waals surface area contributed by atoms with Crippen LogP contribution in [0.3, 0.4) is 0 Å². The third-order valence-corrected chi connectivity index (χ3v) is 7.53. The van der Waals surface area contributed by atoms with Gasteiger partial charge < -0.3 is 10.1 Å². The number of carbonyl (C=O) groups is 2. The van der Waals surface area contributed by atoms with Crippen LogP contribution in [0.1, 0.15) is 51.9 Å². The molecular weight excluding hydrogens is 416 g/mol. The molecule has 31 heavy (non-hydrogen) atoms. The van der Waals surface area contributed by atoms with Gasteiger partial charge in [0.05, 0.1) is 10.5 Å². The van der Waals surface area contributed by atoms with Crippen molar-refractivity contribution in [1.29, 1.82) is 0 Å². The predicted molar refractivity (Wildman–Crippen MR) is 119 cm³/mol. The van der Waals surface area contributed by atoms with Gasteiger partial charge in [0.1, 0.15) is 5.75 Å². The summed E-state index contributed by atoms with van der Waals surface area (Å²) in [7, 11) is -0.724. The highest BCUT2D eigenvalue weighted by molar-refractivity contribution is 7.89. The molecule has 166 valence electrons. The van der Waals surface area contributed by atoms with Gasteiger partial charge in [-0.3, -0.25) is 9.59 Å². The maximum Gasteiger partial charge on any atom is 0.262 e. The van der Waals surface area contributed by atoms with Crippen LogP contribution in [0, 0.1) is 20.8 Å². The number of anilines is 1. The van der Waals surface area contributed by atoms with Crippen molar-refractivity contribution in [3.8, 4) is 5.75 Å². The smallest absolute Gasteiger partial charge is 0.262 e. The molecule has 0 radical (unpaired) electrons. The standard InChI is InChI=1S/C23H28N2O5S/c1-13-7-8-20(23-19(26)10-15(3)22(13)23)30-12-21(27)24-18-11-17(9-14(2)16(18)4)31(28,29)25(5)6/h7-9,11,15H,10,12H2,1-6H3,(H,24,27)/t15-/m1/s1. The molecular formula is C23H28N2O5S. The zero-order chi connectivity index (χ0) is 23.1. The lowest BCUT2D eigenvalue weighted by Gasteiger charge is -2.17. The Balaban J connectivity index is 1.80. The summed E-state index contributed by atoms with van der Waals surface area (Å²) in [6.45, 7) is 7.28. The normalized spacial score (nSPS) is 15.8. The van der Waals surface area contributed by atoms with E-state index in [-0.39, 0.29) is 23.2 Å². The van der Waals surface area contributed by atoms with Gasteiger partial charge >= 0.3 is 0 Å². The maximum atomic E-state index is 12.6. The largest absolute Gasteiger partial charge is 0.483 e. The van der Waals surface area contributed by atoms with Gasteiger partial charge in [-0.15, -0.1) is 0 Å². The lowest BCUT2D eigenvalue weighted by Crippen LogP contribution is -2.24. The molecule has 0 bridgehead atoms. The van der Waals surface area contributed by atoms with Crippen molar-refractivity contribution < 1.29 is 22.7 Å². The van der Waals surface area contributed by atoms with Gasteiger partial charge in [-0.25, -0.2) is 12.7 Å². The monoisotopic (exact) mass is 444 g/mol. The van der Waals surface area contributed by atoms with Crippen LogP contribution in [-0.2, 0) is 14.8 Å². The summed E-state index contributed by atoms with van der Waals surface area (Å²) < 4.78 is 31.8. The molecule has 8 heteroatoms. The molecule has 2 aromatic rings. The van der Waals surface area contributed by atoms with Crippen molar-refractivity contribution >= 4 is 27.4 Å². The fourth-order valence-electron chi connectivity index (χ4n) is 3.87. The van der Waals surface area contributed by atoms with Crippen LogP contribution in [0.4, 0.5) is 5.69 Å². The number of amides is 1. The zero-order valence-electron chi connectivity index (χ0n) is 18.7. The SMILES string of the molecule is Cc1cc(S(=O)(=O)N(C)C)cc(NC(=O)COc2ccc(C)c3c2C(=O)C[C@H]3C)c1C. The molecule has 1 amide bonds. The molecule has 0 spiro atoms. The molecule has 0 heterocycles. The van der Waals surface area contributed by atoms with Crippen LogP contribution in [-0.4, -0.2) is 45.1 Å². The topological polar surface area (TPSA) is 92.8 Å². The Morgan fingerprint density at radius 3 is 2.48 bits per heavy atom. The number of nitrogens with zero attached hydrogens (tertiary/aromatic N) is 1. The average Bonchev–Trinajstić information content (AvgIpc) is 2.99. The average molecular weight is 445 g/mol. The van der Waals surface area contributed by atoms with Crippen LogP contribution in [0.15, 0.2) is 29.2 Å². The summed E-state index contributed by atoms with van der Waals surface area (Å²) >= 11 is 0. The summed E-state index contributed by atoms with van der Waals surface area (Å²) in [6.07, 6.45) is 0.439. The first-order chi connectivity index (χ1) is 14.4. The van der Waals surface area contributed by atoms with Gasteiger partial charge in [0.15, 0.2) is 12.4 Å². The Kier molecular flexibility index (Phi) is 6.25. The molecule has 0 saturated carbocycles. The van der Waals surface area contributed by atoms with E-state index in [1.165, 1.54) is 20.2 Å². The Morgan fingerprint density at radius 1 is 1.16 bits per heavy atom. The van der Waals surface area contributed by atoms with Crippen LogP contribution < -0.4 is 10.1 Å². The van der Waals surface area contributed by atoms with Crippen molar-refractivity contribution in [2.45, 2.75) is 44.9 Å². The molecule has 1 aliphatic rings. The third-order valence-electron chi connectivity index (χ3n) is 5.74. The highest BCUT2D eigenvalue weighted by Crippen LogP contribution is 2.40. The number of Topliss-reactive ketones (excluding diaryl/α,β-unsaturated/α-hetero) is 1. The van der Waals surface area contributed by atoms with E-state index in [1.807, 2.05) is 26.8 Å². The van der Waals surface area contributed by atoms with E-state index in [4.69, 9.17) is 4.74 Å². The van der Waals surface area contributed by atoms with E-state index in [0.29, 0.717) is 23.4 Å². The number of hydrogen-bond acceptors (Lipinski definition) is 5. The van der Waals surface area contributed by atoms with Gasteiger partial charge in [-0.05, 0) is 67.1 Å². The number of hydrogen-bond donors (Lipinski definition) is 1. The summed E-state index contributed by atoms with van der Waals surface area (Å²) in [6, 6.07) is 6.64. The number of rotatable bonds is 6. The highest BCUT2D eigenvalue weighted by atomic mass is 32.2. The van der Waals surface area contributed by atoms with E-state index in [0.717, 1.165) is 26.6 Å². The minimum Gasteiger partial charge on any atom is -0.483 e. The van der Waals surface area contributed by atoms with E-state index in [2.05, 4.69) is 5.32 Å². The first-order valence-corrected chi connectivity index (χ1v) is 11.5. The lowest BCUT2D eigenvalue weighted by atomic mass is 9.97. The molecule has 0 aromatic heterocycles. The van der Waals surface area contributed by atoms with Crippen molar-refractivity contribution in [3.05, 3.63) is 52.1 Å². The number of benzene rings is 2. The lowest BCUT2D eigenvalue weighted by molar-refractivity contribution is -0.118. The number of ketones is 1. The first-order valence-electron chi connectivity index (χ1n) is 10.1. The molecule has 0 unspecified atom stereocenters. The number of ether oxygens (including phenoxy) is 1. The highest BCUT2D eigenvalue weighted by Gasteiger charge is 2.31. The van der Waals surface area contributed by atoms with Gasteiger partial charge in [-0.2, -0.15) is 0 Å².